The van der Waals surface area contributed by atoms with Gasteiger partial charge in [-0.2, -0.15) is 4.98 Å². The molecule has 0 fully saturated rings. The smallest absolute Gasteiger partial charge is 0.316 e. The fraction of sp³-hybridized carbons (Fsp3) is 0.500. The molecule has 0 amide bonds. The molecule has 0 saturated heterocycles. The van der Waals surface area contributed by atoms with Gasteiger partial charge < -0.3 is 15.2 Å². The molecule has 88 valence electrons. The number of rotatable bonds is 5. The van der Waals surface area contributed by atoms with E-state index in [9.17, 15) is 4.79 Å². The van der Waals surface area contributed by atoms with Gasteiger partial charge in [0.15, 0.2) is 0 Å². The van der Waals surface area contributed by atoms with Crippen LogP contribution in [0.2, 0.25) is 0 Å². The number of nitrogens with two attached hydrogens (primary N) is 1. The number of hydrogen-bond acceptors (Lipinski definition) is 6. The van der Waals surface area contributed by atoms with E-state index in [1.807, 2.05) is 0 Å². The van der Waals surface area contributed by atoms with Crippen molar-refractivity contribution < 1.29 is 14.3 Å². The third-order valence-electron chi connectivity index (χ3n) is 1.91. The van der Waals surface area contributed by atoms with Crippen LogP contribution in [0, 0.1) is 0 Å². The monoisotopic (exact) mass is 225 g/mol. The predicted octanol–water partition coefficient (Wildman–Crippen LogP) is 0.438. The minimum atomic E-state index is -0.504. The van der Waals surface area contributed by atoms with Gasteiger partial charge in [0.2, 0.25) is 0 Å². The summed E-state index contributed by atoms with van der Waals surface area (Å²) in [7, 11) is 1.47. The lowest BCUT2D eigenvalue weighted by molar-refractivity contribution is -0.143. The number of nitrogens with zero attached hydrogens (tertiary/aromatic N) is 2. The highest BCUT2D eigenvalue weighted by Crippen LogP contribution is 2.13. The van der Waals surface area contributed by atoms with Gasteiger partial charge in [-0.3, -0.25) is 4.79 Å². The molecular weight excluding hydrogens is 210 g/mol. The molecule has 6 nitrogen and oxygen atoms in total. The largest absolute Gasteiger partial charge is 0.467 e. The lowest BCUT2D eigenvalue weighted by Crippen LogP contribution is -2.18. The van der Waals surface area contributed by atoms with Gasteiger partial charge in [0, 0.05) is 6.20 Å². The van der Waals surface area contributed by atoms with Gasteiger partial charge in [0.1, 0.15) is 0 Å². The van der Waals surface area contributed by atoms with Crippen molar-refractivity contribution in [1.82, 2.24) is 9.97 Å². The molecule has 0 saturated carbocycles. The van der Waals surface area contributed by atoms with Crippen molar-refractivity contribution in [3.05, 3.63) is 18.0 Å². The lowest BCUT2D eigenvalue weighted by Gasteiger charge is -2.10. The standard InChI is InChI=1S/C10H15N3O3/c1-3-16-9(14)6-7(11)8-4-5-12-10(13-8)15-2/h4-5,7H,3,6,11H2,1-2H3. The maximum absolute atomic E-state index is 11.2. The van der Waals surface area contributed by atoms with Crippen LogP contribution >= 0.6 is 0 Å². The van der Waals surface area contributed by atoms with E-state index in [0.29, 0.717) is 12.3 Å². The summed E-state index contributed by atoms with van der Waals surface area (Å²) in [6, 6.07) is 1.37. The Morgan fingerprint density at radius 2 is 2.38 bits per heavy atom. The highest BCUT2D eigenvalue weighted by Gasteiger charge is 2.14. The van der Waals surface area contributed by atoms with Crippen LogP contribution in [-0.4, -0.2) is 29.7 Å². The number of methoxy groups -OCH3 is 1. The minimum absolute atomic E-state index is 0.0913. The molecule has 6 heteroatoms. The van der Waals surface area contributed by atoms with Crippen molar-refractivity contribution in [3.63, 3.8) is 0 Å². The summed E-state index contributed by atoms with van der Waals surface area (Å²) in [6.45, 7) is 2.09. The first-order valence-corrected chi connectivity index (χ1v) is 4.95. The molecule has 1 heterocycles. The van der Waals surface area contributed by atoms with Gasteiger partial charge in [-0.1, -0.05) is 0 Å². The Labute approximate surface area is 93.8 Å². The van der Waals surface area contributed by atoms with Crippen LogP contribution < -0.4 is 10.5 Å². The molecule has 0 aliphatic heterocycles. The molecule has 16 heavy (non-hydrogen) atoms. The first-order chi connectivity index (χ1) is 7.67. The highest BCUT2D eigenvalue weighted by molar-refractivity contribution is 5.70. The third kappa shape index (κ3) is 3.47. The van der Waals surface area contributed by atoms with Gasteiger partial charge in [-0.15, -0.1) is 0 Å². The van der Waals surface area contributed by atoms with E-state index < -0.39 is 6.04 Å². The van der Waals surface area contributed by atoms with E-state index in [2.05, 4.69) is 9.97 Å². The van der Waals surface area contributed by atoms with Crippen molar-refractivity contribution in [2.45, 2.75) is 19.4 Å². The fourth-order valence-electron chi connectivity index (χ4n) is 1.16. The molecule has 0 radical (unpaired) electrons. The number of ether oxygens (including phenoxy) is 2. The average Bonchev–Trinajstić information content (AvgIpc) is 2.29. The summed E-state index contributed by atoms with van der Waals surface area (Å²) in [5, 5.41) is 0. The second-order valence-electron chi connectivity index (χ2n) is 3.08. The number of hydrogen-bond donors (Lipinski definition) is 1. The summed E-state index contributed by atoms with van der Waals surface area (Å²) in [5.41, 5.74) is 6.36. The molecule has 1 rings (SSSR count). The summed E-state index contributed by atoms with van der Waals surface area (Å²) in [5.74, 6) is -0.340. The zero-order valence-electron chi connectivity index (χ0n) is 9.34. The van der Waals surface area contributed by atoms with Crippen LogP contribution in [0.1, 0.15) is 25.1 Å². The number of carbonyl (C=O) groups is 1. The Bertz CT molecular complexity index is 357. The Morgan fingerprint density at radius 1 is 1.62 bits per heavy atom. The molecule has 1 aromatic rings. The normalized spacial score (nSPS) is 11.9. The van der Waals surface area contributed by atoms with E-state index in [0.717, 1.165) is 0 Å². The summed E-state index contributed by atoms with van der Waals surface area (Å²) >= 11 is 0. The molecular formula is C10H15N3O3. The van der Waals surface area contributed by atoms with Gasteiger partial charge >= 0.3 is 12.0 Å². The molecule has 1 unspecified atom stereocenters. The van der Waals surface area contributed by atoms with Crippen LogP contribution in [0.3, 0.4) is 0 Å². The van der Waals surface area contributed by atoms with E-state index in [1.165, 1.54) is 13.3 Å². The van der Waals surface area contributed by atoms with Crippen molar-refractivity contribution in [3.8, 4) is 6.01 Å². The average molecular weight is 225 g/mol. The van der Waals surface area contributed by atoms with Gasteiger partial charge in [0.25, 0.3) is 0 Å². The molecule has 1 atom stereocenters. The molecule has 0 aromatic carbocycles. The number of esters is 1. The maximum atomic E-state index is 11.2. The summed E-state index contributed by atoms with van der Waals surface area (Å²) < 4.78 is 9.66. The van der Waals surface area contributed by atoms with Gasteiger partial charge in [-0.25, -0.2) is 4.98 Å². The molecule has 0 bridgehead atoms. The SMILES string of the molecule is CCOC(=O)CC(N)c1ccnc(OC)n1. The lowest BCUT2D eigenvalue weighted by atomic mass is 10.1. The molecule has 1 aromatic heterocycles. The summed E-state index contributed by atoms with van der Waals surface area (Å²) in [4.78, 5) is 19.1. The van der Waals surface area contributed by atoms with Crippen molar-refractivity contribution >= 4 is 5.97 Å². The van der Waals surface area contributed by atoms with Crippen molar-refractivity contribution in [2.75, 3.05) is 13.7 Å². The van der Waals surface area contributed by atoms with Gasteiger partial charge in [-0.05, 0) is 13.0 Å². The van der Waals surface area contributed by atoms with Crippen molar-refractivity contribution in [2.24, 2.45) is 5.73 Å². The highest BCUT2D eigenvalue weighted by atomic mass is 16.5. The van der Waals surface area contributed by atoms with E-state index in [1.54, 1.807) is 13.0 Å². The topological polar surface area (TPSA) is 87.3 Å². The number of carbonyl (C=O) groups excluding carboxylic acids is 1. The second kappa shape index (κ2) is 6.02. The molecule has 0 spiro atoms. The third-order valence-corrected chi connectivity index (χ3v) is 1.91. The van der Waals surface area contributed by atoms with Crippen LogP contribution in [0.15, 0.2) is 12.3 Å². The summed E-state index contributed by atoms with van der Waals surface area (Å²) in [6.07, 6.45) is 1.63. The van der Waals surface area contributed by atoms with E-state index in [-0.39, 0.29) is 18.4 Å². The molecule has 0 aliphatic rings. The van der Waals surface area contributed by atoms with Crippen molar-refractivity contribution in [1.29, 1.82) is 0 Å². The molecule has 2 N–H and O–H groups in total. The van der Waals surface area contributed by atoms with Gasteiger partial charge in [0.05, 0.1) is 31.9 Å². The fourth-order valence-corrected chi connectivity index (χ4v) is 1.16. The van der Waals surface area contributed by atoms with Crippen LogP contribution in [0.5, 0.6) is 6.01 Å². The zero-order valence-corrected chi connectivity index (χ0v) is 9.34. The van der Waals surface area contributed by atoms with Crippen LogP contribution in [0.25, 0.3) is 0 Å². The maximum Gasteiger partial charge on any atom is 0.316 e. The Morgan fingerprint density at radius 3 is 3.00 bits per heavy atom. The Kier molecular flexibility index (Phi) is 4.65. The second-order valence-corrected chi connectivity index (χ2v) is 3.08. The quantitative estimate of drug-likeness (QED) is 0.731. The number of aromatic nitrogens is 2. The van der Waals surface area contributed by atoms with E-state index >= 15 is 0 Å². The minimum Gasteiger partial charge on any atom is -0.467 e. The van der Waals surface area contributed by atoms with Crippen LogP contribution in [0.4, 0.5) is 0 Å². The first-order valence-electron chi connectivity index (χ1n) is 4.95. The van der Waals surface area contributed by atoms with E-state index in [4.69, 9.17) is 15.2 Å². The Hall–Kier alpha value is -1.69. The first kappa shape index (κ1) is 12.4. The predicted molar refractivity (Wildman–Crippen MR) is 56.8 cm³/mol. The van der Waals surface area contributed by atoms with Crippen LogP contribution in [-0.2, 0) is 9.53 Å². The Balaban J connectivity index is 2.64. The molecule has 0 aliphatic carbocycles. The zero-order chi connectivity index (χ0) is 12.0.